The Hall–Kier alpha value is -2.36. The molecule has 3 heterocycles. The molecule has 4 rings (SSSR count). The molecule has 0 radical (unpaired) electrons. The molecule has 1 unspecified atom stereocenters. The number of carbonyl (C=O) groups excluding carboxylic acids is 2. The Bertz CT molecular complexity index is 941. The number of amides is 2. The number of likely N-dealkylation sites (N-methyl/N-ethyl adjacent to an activating group) is 1. The first-order valence-electron chi connectivity index (χ1n) is 9.73. The zero-order chi connectivity index (χ0) is 21.7. The van der Waals surface area contributed by atoms with E-state index in [2.05, 4.69) is 17.9 Å². The predicted molar refractivity (Wildman–Crippen MR) is 107 cm³/mol. The van der Waals surface area contributed by atoms with Gasteiger partial charge in [0.1, 0.15) is 11.3 Å². The second-order valence-corrected chi connectivity index (χ2v) is 8.54. The van der Waals surface area contributed by atoms with E-state index in [-0.39, 0.29) is 54.7 Å². The quantitative estimate of drug-likeness (QED) is 0.556. The molecular weight excluding hydrogens is 417 g/mol. The summed E-state index contributed by atoms with van der Waals surface area (Å²) in [4.78, 5) is 29.6. The molecule has 0 aliphatic carbocycles. The van der Waals surface area contributed by atoms with Crippen molar-refractivity contribution in [1.82, 2.24) is 20.0 Å². The van der Waals surface area contributed by atoms with Crippen molar-refractivity contribution in [1.29, 1.82) is 0 Å². The van der Waals surface area contributed by atoms with Gasteiger partial charge in [-0.05, 0) is 18.6 Å². The van der Waals surface area contributed by atoms with E-state index in [1.807, 2.05) is 9.80 Å². The summed E-state index contributed by atoms with van der Waals surface area (Å²) in [5, 5.41) is 2.88. The third-order valence-electron chi connectivity index (χ3n) is 6.11. The number of nitrogens with zero attached hydrogens (tertiary/aromatic N) is 3. The molecule has 0 spiro atoms. The van der Waals surface area contributed by atoms with Crippen molar-refractivity contribution in [2.45, 2.75) is 36.7 Å². The van der Waals surface area contributed by atoms with E-state index >= 15 is 0 Å². The monoisotopic (exact) mass is 440 g/mol. The van der Waals surface area contributed by atoms with Gasteiger partial charge in [-0.15, -0.1) is 12.6 Å². The highest BCUT2D eigenvalue weighted by molar-refractivity contribution is 7.80. The van der Waals surface area contributed by atoms with Gasteiger partial charge in [-0.3, -0.25) is 9.59 Å². The van der Waals surface area contributed by atoms with Crippen LogP contribution < -0.4 is 5.32 Å². The molecule has 3 aliphatic rings. The molecule has 0 bridgehead atoms. The first kappa shape index (κ1) is 20.9. The third kappa shape index (κ3) is 3.51. The lowest BCUT2D eigenvalue weighted by Crippen LogP contribution is -2.38. The fourth-order valence-electron chi connectivity index (χ4n) is 4.56. The van der Waals surface area contributed by atoms with Crippen molar-refractivity contribution < 1.29 is 22.8 Å². The van der Waals surface area contributed by atoms with Crippen LogP contribution in [0.25, 0.3) is 0 Å². The van der Waals surface area contributed by atoms with E-state index in [1.165, 1.54) is 0 Å². The number of fused-ring (bicyclic) bond motifs is 1. The van der Waals surface area contributed by atoms with Gasteiger partial charge in [0.05, 0.1) is 12.5 Å². The number of carbonyl (C=O) groups is 2. The molecule has 0 saturated carbocycles. The molecule has 0 aromatic heterocycles. The Morgan fingerprint density at radius 2 is 1.87 bits per heavy atom. The Morgan fingerprint density at radius 3 is 2.53 bits per heavy atom. The van der Waals surface area contributed by atoms with Crippen molar-refractivity contribution in [3.05, 3.63) is 46.5 Å². The smallest absolute Gasteiger partial charge is 0.226 e. The van der Waals surface area contributed by atoms with Gasteiger partial charge in [-0.2, -0.15) is 0 Å². The molecule has 6 nitrogen and oxygen atoms in total. The zero-order valence-electron chi connectivity index (χ0n) is 16.7. The van der Waals surface area contributed by atoms with Crippen LogP contribution >= 0.6 is 12.6 Å². The fourth-order valence-corrected chi connectivity index (χ4v) is 4.93. The zero-order valence-corrected chi connectivity index (χ0v) is 17.6. The minimum atomic E-state index is -1.17. The number of nitrogens with one attached hydrogen (secondary N) is 1. The molecule has 2 saturated heterocycles. The Kier molecular flexibility index (Phi) is 5.37. The molecule has 1 aromatic carbocycles. The second kappa shape index (κ2) is 7.72. The van der Waals surface area contributed by atoms with E-state index in [0.717, 1.165) is 17.8 Å². The SMILES string of the molecule is CN1C[C@@H](NC(=O)CC2=C3C[C@H](c4c(F)ccc(F)c4F)CN3C(S)N2C)CC1=O. The van der Waals surface area contributed by atoms with Gasteiger partial charge in [-0.1, -0.05) is 0 Å². The van der Waals surface area contributed by atoms with Crippen LogP contribution in [0, 0.1) is 17.5 Å². The summed E-state index contributed by atoms with van der Waals surface area (Å²) < 4.78 is 42.2. The third-order valence-corrected chi connectivity index (χ3v) is 6.73. The van der Waals surface area contributed by atoms with Gasteiger partial charge in [0.2, 0.25) is 11.8 Å². The normalized spacial score (nSPS) is 26.1. The Labute approximate surface area is 178 Å². The number of thiol groups is 1. The lowest BCUT2D eigenvalue weighted by atomic mass is 9.95. The van der Waals surface area contributed by atoms with Gasteiger partial charge in [-0.25, -0.2) is 13.2 Å². The molecule has 1 N–H and O–H groups in total. The molecular formula is C20H23F3N4O2S. The highest BCUT2D eigenvalue weighted by Crippen LogP contribution is 2.45. The highest BCUT2D eigenvalue weighted by atomic mass is 32.1. The minimum Gasteiger partial charge on any atom is -0.351 e. The average molecular weight is 440 g/mol. The summed E-state index contributed by atoms with van der Waals surface area (Å²) in [5.41, 5.74) is 0.841. The standard InChI is InChI=1S/C20H23F3N4O2S/c1-25-9-11(6-17(25)29)24-16(28)7-14-15-5-10(8-27(15)20(30)26(14)2)18-12(21)3-4-13(22)19(18)23/h3-4,10-11,20,30H,5-9H2,1-2H3,(H,24,28)/t10-,11-,20?/m0/s1. The Balaban J connectivity index is 1.53. The molecule has 3 aliphatic heterocycles. The van der Waals surface area contributed by atoms with Gasteiger partial charge in [0, 0.05) is 56.5 Å². The van der Waals surface area contributed by atoms with Crippen molar-refractivity contribution in [3.8, 4) is 0 Å². The number of hydrogen-bond acceptors (Lipinski definition) is 5. The predicted octanol–water partition coefficient (Wildman–Crippen LogP) is 2.00. The summed E-state index contributed by atoms with van der Waals surface area (Å²) in [6, 6.07) is 1.48. The van der Waals surface area contributed by atoms with Crippen molar-refractivity contribution in [2.75, 3.05) is 27.2 Å². The number of allylic oxidation sites excluding steroid dienone is 1. The van der Waals surface area contributed by atoms with E-state index in [0.29, 0.717) is 12.2 Å². The summed E-state index contributed by atoms with van der Waals surface area (Å²) in [5.74, 6) is -3.84. The highest BCUT2D eigenvalue weighted by Gasteiger charge is 2.43. The maximum Gasteiger partial charge on any atom is 0.226 e. The van der Waals surface area contributed by atoms with E-state index in [4.69, 9.17) is 0 Å². The Morgan fingerprint density at radius 1 is 1.17 bits per heavy atom. The molecule has 2 fully saturated rings. The number of hydrogen-bond donors (Lipinski definition) is 2. The maximum absolute atomic E-state index is 14.3. The van der Waals surface area contributed by atoms with Crippen LogP contribution in [0.4, 0.5) is 13.2 Å². The van der Waals surface area contributed by atoms with Crippen molar-refractivity contribution in [2.24, 2.45) is 0 Å². The molecule has 2 amide bonds. The van der Waals surface area contributed by atoms with Crippen molar-refractivity contribution >= 4 is 24.4 Å². The summed E-state index contributed by atoms with van der Waals surface area (Å²) >= 11 is 4.57. The van der Waals surface area contributed by atoms with Gasteiger partial charge in [0.25, 0.3) is 0 Å². The summed E-state index contributed by atoms with van der Waals surface area (Å²) in [6.07, 6.45) is 0.617. The van der Waals surface area contributed by atoms with Gasteiger partial charge in [0.15, 0.2) is 11.6 Å². The topological polar surface area (TPSA) is 55.9 Å². The summed E-state index contributed by atoms with van der Waals surface area (Å²) in [7, 11) is 3.49. The number of likely N-dealkylation sites (tertiary alicyclic amines) is 1. The van der Waals surface area contributed by atoms with Crippen LogP contribution in [0.3, 0.4) is 0 Å². The van der Waals surface area contributed by atoms with Crippen molar-refractivity contribution in [3.63, 3.8) is 0 Å². The number of rotatable bonds is 4. The molecule has 30 heavy (non-hydrogen) atoms. The minimum absolute atomic E-state index is 0.0142. The average Bonchev–Trinajstić information content (AvgIpc) is 3.30. The van der Waals surface area contributed by atoms with Crippen LogP contribution in [0.5, 0.6) is 0 Å². The molecule has 10 heteroatoms. The molecule has 3 atom stereocenters. The largest absolute Gasteiger partial charge is 0.351 e. The maximum atomic E-state index is 14.3. The second-order valence-electron chi connectivity index (χ2n) is 8.08. The van der Waals surface area contributed by atoms with Gasteiger partial charge < -0.3 is 20.0 Å². The van der Waals surface area contributed by atoms with Crippen LogP contribution in [-0.4, -0.2) is 65.2 Å². The number of benzene rings is 1. The summed E-state index contributed by atoms with van der Waals surface area (Å²) in [6.45, 7) is 0.742. The lowest BCUT2D eigenvalue weighted by Gasteiger charge is -2.27. The first-order chi connectivity index (χ1) is 14.2. The van der Waals surface area contributed by atoms with E-state index < -0.39 is 23.4 Å². The van der Waals surface area contributed by atoms with Crippen LogP contribution in [0.15, 0.2) is 23.5 Å². The molecule has 1 aromatic rings. The van der Waals surface area contributed by atoms with Crippen LogP contribution in [-0.2, 0) is 9.59 Å². The first-order valence-corrected chi connectivity index (χ1v) is 10.2. The van der Waals surface area contributed by atoms with E-state index in [1.54, 1.807) is 19.0 Å². The number of halogens is 3. The van der Waals surface area contributed by atoms with Crippen LogP contribution in [0.2, 0.25) is 0 Å². The van der Waals surface area contributed by atoms with Crippen LogP contribution in [0.1, 0.15) is 30.7 Å². The van der Waals surface area contributed by atoms with E-state index in [9.17, 15) is 22.8 Å². The molecule has 162 valence electrons. The lowest BCUT2D eigenvalue weighted by molar-refractivity contribution is -0.126. The van der Waals surface area contributed by atoms with Gasteiger partial charge >= 0.3 is 0 Å². The fraction of sp³-hybridized carbons (Fsp3) is 0.500.